The van der Waals surface area contributed by atoms with Crippen LogP contribution < -0.4 is 0 Å². The van der Waals surface area contributed by atoms with Crippen LogP contribution in [0.15, 0.2) is 12.2 Å². The molecule has 0 aromatic rings. The molecule has 0 saturated carbocycles. The standard InChI is InChI=1S/C21H40O2/c1-4-5-6-7-8-9-10-11-12-13-14-15-16-17-18-19-21(22)23-20(2)3/h11-12,20H,4-10,13-19H2,1-3H3. The van der Waals surface area contributed by atoms with Crippen molar-refractivity contribution in [2.45, 2.75) is 117 Å². The third kappa shape index (κ3) is 19.2. The molecule has 2 nitrogen and oxygen atoms in total. The van der Waals surface area contributed by atoms with E-state index in [1.54, 1.807) is 0 Å². The van der Waals surface area contributed by atoms with Gasteiger partial charge in [-0.05, 0) is 46.0 Å². The van der Waals surface area contributed by atoms with E-state index >= 15 is 0 Å². The minimum Gasteiger partial charge on any atom is -0.463 e. The van der Waals surface area contributed by atoms with Gasteiger partial charge in [-0.2, -0.15) is 0 Å². The quantitative estimate of drug-likeness (QED) is 0.174. The van der Waals surface area contributed by atoms with Crippen molar-refractivity contribution in [1.82, 2.24) is 0 Å². The van der Waals surface area contributed by atoms with E-state index in [1.807, 2.05) is 13.8 Å². The van der Waals surface area contributed by atoms with Gasteiger partial charge in [0.15, 0.2) is 0 Å². The van der Waals surface area contributed by atoms with Gasteiger partial charge in [0.2, 0.25) is 0 Å². The Hall–Kier alpha value is -0.790. The molecule has 0 atom stereocenters. The summed E-state index contributed by atoms with van der Waals surface area (Å²) in [4.78, 5) is 11.4. The van der Waals surface area contributed by atoms with E-state index in [9.17, 15) is 4.79 Å². The van der Waals surface area contributed by atoms with E-state index in [2.05, 4.69) is 19.1 Å². The van der Waals surface area contributed by atoms with Crippen LogP contribution >= 0.6 is 0 Å². The maximum atomic E-state index is 11.4. The number of allylic oxidation sites excluding steroid dienone is 2. The number of unbranched alkanes of at least 4 members (excludes halogenated alkanes) is 11. The highest BCUT2D eigenvalue weighted by Crippen LogP contribution is 2.10. The molecule has 0 amide bonds. The molecule has 0 spiro atoms. The van der Waals surface area contributed by atoms with E-state index in [0.29, 0.717) is 6.42 Å². The first kappa shape index (κ1) is 22.2. The van der Waals surface area contributed by atoms with Crippen LogP contribution in [0, 0.1) is 0 Å². The summed E-state index contributed by atoms with van der Waals surface area (Å²) in [6.07, 6.45) is 22.0. The normalized spacial score (nSPS) is 11.5. The van der Waals surface area contributed by atoms with E-state index in [0.717, 1.165) is 12.8 Å². The maximum absolute atomic E-state index is 11.4. The summed E-state index contributed by atoms with van der Waals surface area (Å²) in [6, 6.07) is 0. The van der Waals surface area contributed by atoms with Gasteiger partial charge < -0.3 is 4.74 Å². The van der Waals surface area contributed by atoms with Crippen LogP contribution in [0.5, 0.6) is 0 Å². The zero-order valence-corrected chi connectivity index (χ0v) is 15.9. The molecule has 0 bridgehead atoms. The molecule has 23 heavy (non-hydrogen) atoms. The summed E-state index contributed by atoms with van der Waals surface area (Å²) in [5, 5.41) is 0. The first-order chi connectivity index (χ1) is 11.2. The Bertz CT molecular complexity index is 282. The fourth-order valence-electron chi connectivity index (χ4n) is 2.66. The summed E-state index contributed by atoms with van der Waals surface area (Å²) in [6.45, 7) is 6.07. The Morgan fingerprint density at radius 3 is 1.78 bits per heavy atom. The van der Waals surface area contributed by atoms with Crippen molar-refractivity contribution in [3.8, 4) is 0 Å². The van der Waals surface area contributed by atoms with Crippen LogP contribution in [0.2, 0.25) is 0 Å². The summed E-state index contributed by atoms with van der Waals surface area (Å²) < 4.78 is 5.12. The van der Waals surface area contributed by atoms with Gasteiger partial charge in [0.05, 0.1) is 6.10 Å². The zero-order valence-electron chi connectivity index (χ0n) is 15.9. The molecule has 2 heteroatoms. The highest BCUT2D eigenvalue weighted by molar-refractivity contribution is 5.69. The molecule has 0 aliphatic carbocycles. The number of carbonyl (C=O) groups is 1. The lowest BCUT2D eigenvalue weighted by Crippen LogP contribution is -2.10. The molecular formula is C21H40O2. The van der Waals surface area contributed by atoms with Gasteiger partial charge in [0.1, 0.15) is 0 Å². The second-order valence-electron chi connectivity index (χ2n) is 6.87. The summed E-state index contributed by atoms with van der Waals surface area (Å²) in [7, 11) is 0. The average Bonchev–Trinajstić information content (AvgIpc) is 2.50. The van der Waals surface area contributed by atoms with Crippen molar-refractivity contribution < 1.29 is 9.53 Å². The Labute approximate surface area is 145 Å². The fraction of sp³-hybridized carbons (Fsp3) is 0.857. The van der Waals surface area contributed by atoms with Gasteiger partial charge in [-0.25, -0.2) is 0 Å². The molecule has 0 unspecified atom stereocenters. The second kappa shape index (κ2) is 17.6. The predicted molar refractivity (Wildman–Crippen MR) is 101 cm³/mol. The third-order valence-corrected chi connectivity index (χ3v) is 4.01. The van der Waals surface area contributed by atoms with Crippen molar-refractivity contribution in [2.75, 3.05) is 0 Å². The van der Waals surface area contributed by atoms with Crippen LogP contribution in [0.25, 0.3) is 0 Å². The lowest BCUT2D eigenvalue weighted by atomic mass is 10.1. The number of ether oxygens (including phenoxy) is 1. The van der Waals surface area contributed by atoms with Gasteiger partial charge in [-0.1, -0.05) is 70.4 Å². The van der Waals surface area contributed by atoms with Crippen LogP contribution in [0.3, 0.4) is 0 Å². The lowest BCUT2D eigenvalue weighted by molar-refractivity contribution is -0.147. The topological polar surface area (TPSA) is 26.3 Å². The number of hydrogen-bond acceptors (Lipinski definition) is 2. The van der Waals surface area contributed by atoms with Crippen LogP contribution in [0.1, 0.15) is 111 Å². The van der Waals surface area contributed by atoms with Crippen molar-refractivity contribution in [3.05, 3.63) is 12.2 Å². The highest BCUT2D eigenvalue weighted by Gasteiger charge is 2.04. The summed E-state index contributed by atoms with van der Waals surface area (Å²) in [5.74, 6) is -0.0439. The van der Waals surface area contributed by atoms with Gasteiger partial charge in [0.25, 0.3) is 0 Å². The molecular weight excluding hydrogens is 284 g/mol. The summed E-state index contributed by atoms with van der Waals surface area (Å²) in [5.41, 5.74) is 0. The number of carbonyl (C=O) groups excluding carboxylic acids is 1. The minimum atomic E-state index is -0.0439. The summed E-state index contributed by atoms with van der Waals surface area (Å²) >= 11 is 0. The predicted octanol–water partition coefficient (Wildman–Crippen LogP) is 6.98. The molecule has 0 heterocycles. The molecule has 136 valence electrons. The second-order valence-corrected chi connectivity index (χ2v) is 6.87. The van der Waals surface area contributed by atoms with Crippen LogP contribution in [-0.4, -0.2) is 12.1 Å². The van der Waals surface area contributed by atoms with Gasteiger partial charge >= 0.3 is 5.97 Å². The fourth-order valence-corrected chi connectivity index (χ4v) is 2.66. The van der Waals surface area contributed by atoms with E-state index in [1.165, 1.54) is 70.6 Å². The van der Waals surface area contributed by atoms with Gasteiger partial charge in [-0.15, -0.1) is 0 Å². The molecule has 0 fully saturated rings. The molecule has 0 aromatic carbocycles. The Kier molecular flexibility index (Phi) is 17.0. The Morgan fingerprint density at radius 2 is 1.26 bits per heavy atom. The van der Waals surface area contributed by atoms with E-state index < -0.39 is 0 Å². The smallest absolute Gasteiger partial charge is 0.306 e. The molecule has 0 aliphatic heterocycles. The van der Waals surface area contributed by atoms with Crippen LogP contribution in [0.4, 0.5) is 0 Å². The van der Waals surface area contributed by atoms with Gasteiger partial charge in [-0.3, -0.25) is 4.79 Å². The Morgan fingerprint density at radius 1 is 0.783 bits per heavy atom. The van der Waals surface area contributed by atoms with E-state index in [-0.39, 0.29) is 12.1 Å². The number of hydrogen-bond donors (Lipinski definition) is 0. The monoisotopic (exact) mass is 324 g/mol. The average molecular weight is 325 g/mol. The largest absolute Gasteiger partial charge is 0.463 e. The Balaban J connectivity index is 3.18. The third-order valence-electron chi connectivity index (χ3n) is 4.01. The highest BCUT2D eigenvalue weighted by atomic mass is 16.5. The maximum Gasteiger partial charge on any atom is 0.306 e. The van der Waals surface area contributed by atoms with Crippen molar-refractivity contribution >= 4 is 5.97 Å². The molecule has 0 aliphatic rings. The van der Waals surface area contributed by atoms with E-state index in [4.69, 9.17) is 4.74 Å². The molecule has 0 N–H and O–H groups in total. The van der Waals surface area contributed by atoms with Crippen molar-refractivity contribution in [1.29, 1.82) is 0 Å². The van der Waals surface area contributed by atoms with Crippen molar-refractivity contribution in [3.63, 3.8) is 0 Å². The van der Waals surface area contributed by atoms with Crippen LogP contribution in [-0.2, 0) is 9.53 Å². The van der Waals surface area contributed by atoms with Gasteiger partial charge in [0, 0.05) is 6.42 Å². The van der Waals surface area contributed by atoms with Crippen molar-refractivity contribution in [2.24, 2.45) is 0 Å². The minimum absolute atomic E-state index is 0.0191. The SMILES string of the molecule is CCCCCCCCC=CCCCCCCCC(=O)OC(C)C. The molecule has 0 rings (SSSR count). The molecule has 0 saturated heterocycles. The number of esters is 1. The first-order valence-electron chi connectivity index (χ1n) is 10.0. The zero-order chi connectivity index (χ0) is 17.2. The first-order valence-corrected chi connectivity index (χ1v) is 10.0. The molecule has 0 aromatic heterocycles. The number of rotatable bonds is 16. The molecule has 0 radical (unpaired) electrons. The lowest BCUT2D eigenvalue weighted by Gasteiger charge is -2.07.